The molecule has 1 unspecified atom stereocenters. The third kappa shape index (κ3) is 4.57. The number of hydrogen-bond acceptors (Lipinski definition) is 7. The first-order chi connectivity index (χ1) is 15.7. The van der Waals surface area contributed by atoms with Gasteiger partial charge in [-0.15, -0.1) is 0 Å². The second-order valence-corrected chi connectivity index (χ2v) is 7.48. The molecule has 33 heavy (non-hydrogen) atoms. The van der Waals surface area contributed by atoms with Crippen LogP contribution in [0.1, 0.15) is 6.92 Å². The van der Waals surface area contributed by atoms with E-state index in [0.717, 1.165) is 6.07 Å². The molecule has 11 heteroatoms. The molecule has 0 bridgehead atoms. The highest BCUT2D eigenvalue weighted by molar-refractivity contribution is 6.29. The number of benzene rings is 2. The highest BCUT2D eigenvalue weighted by Gasteiger charge is 2.37. The van der Waals surface area contributed by atoms with Crippen LogP contribution in [0.3, 0.4) is 0 Å². The summed E-state index contributed by atoms with van der Waals surface area (Å²) in [5, 5.41) is 16.5. The van der Waals surface area contributed by atoms with Gasteiger partial charge in [0.1, 0.15) is 17.3 Å². The van der Waals surface area contributed by atoms with Crippen LogP contribution in [0.25, 0.3) is 0 Å². The summed E-state index contributed by atoms with van der Waals surface area (Å²) in [5.41, 5.74) is 1.19. The number of aromatic nitrogens is 2. The maximum atomic E-state index is 14.5. The number of hydrogen-bond donors (Lipinski definition) is 2. The predicted molar refractivity (Wildman–Crippen MR) is 117 cm³/mol. The number of nitrogens with one attached hydrogen (secondary N) is 1. The van der Waals surface area contributed by atoms with Gasteiger partial charge in [0.15, 0.2) is 17.8 Å². The molecule has 0 spiro atoms. The van der Waals surface area contributed by atoms with Gasteiger partial charge in [-0.05, 0) is 43.3 Å². The van der Waals surface area contributed by atoms with E-state index in [1.165, 1.54) is 53.8 Å². The minimum atomic E-state index is -1.32. The number of allylic oxidation sites excluding steroid dienone is 1. The molecular formula is C22H18ClF2N5O3. The van der Waals surface area contributed by atoms with Gasteiger partial charge in [0.2, 0.25) is 5.88 Å². The summed E-state index contributed by atoms with van der Waals surface area (Å²) in [4.78, 5) is 20.5. The van der Waals surface area contributed by atoms with Gasteiger partial charge in [-0.1, -0.05) is 11.6 Å². The lowest BCUT2D eigenvalue weighted by Gasteiger charge is -2.31. The number of carbonyl (C=O) groups excluding carboxylic acids is 1. The molecule has 1 aromatic heterocycles. The van der Waals surface area contributed by atoms with Crippen molar-refractivity contribution in [3.05, 3.63) is 82.9 Å². The van der Waals surface area contributed by atoms with Crippen LogP contribution in [0.2, 0.25) is 5.15 Å². The average molecular weight is 474 g/mol. The monoisotopic (exact) mass is 473 g/mol. The number of anilines is 2. The largest absolute Gasteiger partial charge is 0.436 e. The quantitative estimate of drug-likeness (QED) is 0.539. The van der Waals surface area contributed by atoms with Crippen LogP contribution in [0.15, 0.2) is 66.1 Å². The van der Waals surface area contributed by atoms with Crippen molar-refractivity contribution >= 4 is 28.9 Å². The normalized spacial score (nSPS) is 15.8. The topological polar surface area (TPSA) is 90.8 Å². The van der Waals surface area contributed by atoms with Gasteiger partial charge >= 0.3 is 0 Å². The van der Waals surface area contributed by atoms with Crippen LogP contribution >= 0.6 is 11.6 Å². The number of aliphatic hydroxyl groups excluding tert-OH is 1. The van der Waals surface area contributed by atoms with E-state index in [0.29, 0.717) is 11.4 Å². The number of amides is 1. The SMILES string of the molecule is CC1=C(C(=O)Nc2ccc(Oc3cc(Cl)ncn3)c(F)c2)C(O)N(c2ccc(F)cc2)N1C. The minimum Gasteiger partial charge on any atom is -0.436 e. The van der Waals surface area contributed by atoms with Gasteiger partial charge < -0.3 is 15.2 Å². The fourth-order valence-corrected chi connectivity index (χ4v) is 3.48. The summed E-state index contributed by atoms with van der Waals surface area (Å²) < 4.78 is 33.2. The van der Waals surface area contributed by atoms with Gasteiger partial charge in [0, 0.05) is 30.6 Å². The fourth-order valence-electron chi connectivity index (χ4n) is 3.34. The molecule has 0 radical (unpaired) electrons. The second kappa shape index (κ2) is 9.00. The molecule has 0 saturated carbocycles. The Morgan fingerprint density at radius 3 is 2.55 bits per heavy atom. The van der Waals surface area contributed by atoms with Gasteiger partial charge in [0.25, 0.3) is 5.91 Å². The number of hydrazine groups is 1. The Kier molecular flexibility index (Phi) is 6.12. The van der Waals surface area contributed by atoms with Crippen molar-refractivity contribution in [1.29, 1.82) is 0 Å². The first-order valence-electron chi connectivity index (χ1n) is 9.68. The number of ether oxygens (including phenoxy) is 1. The smallest absolute Gasteiger partial charge is 0.258 e. The Bertz CT molecular complexity index is 1240. The number of aliphatic hydroxyl groups is 1. The molecule has 1 amide bonds. The molecule has 0 aliphatic carbocycles. The number of rotatable bonds is 5. The Morgan fingerprint density at radius 2 is 1.88 bits per heavy atom. The number of nitrogens with zero attached hydrogens (tertiary/aromatic N) is 4. The summed E-state index contributed by atoms with van der Waals surface area (Å²) in [6.45, 7) is 1.66. The van der Waals surface area contributed by atoms with Crippen molar-refractivity contribution in [1.82, 2.24) is 15.0 Å². The number of halogens is 3. The summed E-state index contributed by atoms with van der Waals surface area (Å²) in [6, 6.07) is 10.7. The molecule has 0 fully saturated rings. The van der Waals surface area contributed by atoms with Gasteiger partial charge in [-0.3, -0.25) is 14.8 Å². The zero-order chi connectivity index (χ0) is 23.7. The highest BCUT2D eigenvalue weighted by Crippen LogP contribution is 2.33. The lowest BCUT2D eigenvalue weighted by atomic mass is 10.1. The number of carbonyl (C=O) groups is 1. The van der Waals surface area contributed by atoms with Crippen molar-refractivity contribution < 1.29 is 23.4 Å². The Morgan fingerprint density at radius 1 is 1.15 bits per heavy atom. The molecule has 1 aliphatic rings. The molecule has 2 heterocycles. The van der Waals surface area contributed by atoms with Crippen molar-refractivity contribution in [2.45, 2.75) is 13.2 Å². The van der Waals surface area contributed by atoms with Crippen molar-refractivity contribution in [3.63, 3.8) is 0 Å². The van der Waals surface area contributed by atoms with Gasteiger partial charge in [-0.2, -0.15) is 0 Å². The van der Waals surface area contributed by atoms with Crippen LogP contribution < -0.4 is 15.1 Å². The van der Waals surface area contributed by atoms with E-state index < -0.39 is 23.8 Å². The molecule has 1 aliphatic heterocycles. The molecule has 1 atom stereocenters. The molecule has 2 aromatic carbocycles. The Balaban J connectivity index is 1.50. The zero-order valence-corrected chi connectivity index (χ0v) is 18.2. The first kappa shape index (κ1) is 22.4. The van der Waals surface area contributed by atoms with Crippen LogP contribution in [-0.4, -0.2) is 39.3 Å². The molecule has 8 nitrogen and oxygen atoms in total. The third-order valence-corrected chi connectivity index (χ3v) is 5.24. The van der Waals surface area contributed by atoms with Crippen molar-refractivity contribution in [2.24, 2.45) is 0 Å². The fraction of sp³-hybridized carbons (Fsp3) is 0.136. The second-order valence-electron chi connectivity index (χ2n) is 7.10. The van der Waals surface area contributed by atoms with Crippen LogP contribution in [0.4, 0.5) is 20.2 Å². The van der Waals surface area contributed by atoms with E-state index in [4.69, 9.17) is 16.3 Å². The molecule has 2 N–H and O–H groups in total. The van der Waals surface area contributed by atoms with E-state index >= 15 is 0 Å². The third-order valence-electron chi connectivity index (χ3n) is 5.04. The Labute approximate surface area is 192 Å². The molecular weight excluding hydrogens is 456 g/mol. The van der Waals surface area contributed by atoms with E-state index in [9.17, 15) is 18.7 Å². The van der Waals surface area contributed by atoms with Crippen LogP contribution in [0.5, 0.6) is 11.6 Å². The van der Waals surface area contributed by atoms with Crippen molar-refractivity contribution in [2.75, 3.05) is 17.4 Å². The first-order valence-corrected chi connectivity index (χ1v) is 10.1. The molecule has 4 rings (SSSR count). The van der Waals surface area contributed by atoms with Gasteiger partial charge in [-0.25, -0.2) is 18.7 Å². The van der Waals surface area contributed by atoms with E-state index in [-0.39, 0.29) is 28.0 Å². The van der Waals surface area contributed by atoms with Crippen molar-refractivity contribution in [3.8, 4) is 11.6 Å². The molecule has 170 valence electrons. The summed E-state index contributed by atoms with van der Waals surface area (Å²) in [7, 11) is 1.66. The van der Waals surface area contributed by atoms with Crippen LogP contribution in [-0.2, 0) is 4.79 Å². The standard InChI is InChI=1S/C22H18ClF2N5O3/c1-12-20(22(32)30(29(12)2)15-6-3-13(24)4-7-15)21(31)28-14-5-8-17(16(25)9-14)33-19-10-18(23)26-11-27-19/h3-11,22,32H,1-2H3,(H,28,31). The van der Waals surface area contributed by atoms with Gasteiger partial charge in [0.05, 0.1) is 11.3 Å². The minimum absolute atomic E-state index is 0.0597. The highest BCUT2D eigenvalue weighted by atomic mass is 35.5. The van der Waals surface area contributed by atoms with E-state index in [2.05, 4.69) is 15.3 Å². The average Bonchev–Trinajstić information content (AvgIpc) is 2.99. The maximum absolute atomic E-state index is 14.5. The predicted octanol–water partition coefficient (Wildman–Crippen LogP) is 4.10. The van der Waals surface area contributed by atoms with E-state index in [1.54, 1.807) is 19.0 Å². The molecule has 0 saturated heterocycles. The summed E-state index contributed by atoms with van der Waals surface area (Å²) in [5.74, 6) is -1.85. The summed E-state index contributed by atoms with van der Waals surface area (Å²) >= 11 is 5.77. The lowest BCUT2D eigenvalue weighted by molar-refractivity contribution is -0.113. The molecule has 3 aromatic rings. The zero-order valence-electron chi connectivity index (χ0n) is 17.5. The summed E-state index contributed by atoms with van der Waals surface area (Å²) in [6.07, 6.45) is -0.144. The van der Waals surface area contributed by atoms with Crippen LogP contribution in [0, 0.1) is 11.6 Å². The maximum Gasteiger partial charge on any atom is 0.258 e. The lowest BCUT2D eigenvalue weighted by Crippen LogP contribution is -2.41. The Hall–Kier alpha value is -3.76. The van der Waals surface area contributed by atoms with E-state index in [1.807, 2.05) is 0 Å².